The highest BCUT2D eigenvalue weighted by Gasteiger charge is 2.25. The van der Waals surface area contributed by atoms with Crippen molar-refractivity contribution in [3.8, 4) is 0 Å². The van der Waals surface area contributed by atoms with E-state index in [1.165, 1.54) is 0 Å². The predicted molar refractivity (Wildman–Crippen MR) is 82.7 cm³/mol. The van der Waals surface area contributed by atoms with Crippen LogP contribution in [0.4, 0.5) is 10.7 Å². The van der Waals surface area contributed by atoms with Crippen LogP contribution in [0, 0.1) is 5.92 Å². The Bertz CT molecular complexity index is 538. The van der Waals surface area contributed by atoms with Crippen LogP contribution in [0.2, 0.25) is 0 Å². The highest BCUT2D eigenvalue weighted by molar-refractivity contribution is 7.19. The number of primary amides is 1. The fourth-order valence-corrected chi connectivity index (χ4v) is 3.25. The van der Waals surface area contributed by atoms with Crippen molar-refractivity contribution in [2.75, 3.05) is 37.4 Å². The first kappa shape index (κ1) is 15.6. The first-order valence-corrected chi connectivity index (χ1v) is 7.68. The molecule has 0 aliphatic carbocycles. The third-order valence-corrected chi connectivity index (χ3v) is 4.47. The Balaban J connectivity index is 2.19. The summed E-state index contributed by atoms with van der Waals surface area (Å²) < 4.78 is 5.31. The molecule has 1 aliphatic heterocycles. The Labute approximate surface area is 127 Å². The number of ether oxygens (including phenoxy) is 1. The van der Waals surface area contributed by atoms with Crippen molar-refractivity contribution in [2.45, 2.75) is 13.3 Å². The van der Waals surface area contributed by atoms with Gasteiger partial charge in [-0.3, -0.25) is 9.59 Å². The normalized spacial score (nSPS) is 17.7. The molecule has 1 unspecified atom stereocenters. The summed E-state index contributed by atoms with van der Waals surface area (Å²) in [5.41, 5.74) is 11.6. The van der Waals surface area contributed by atoms with Crippen LogP contribution in [-0.2, 0) is 4.74 Å². The zero-order chi connectivity index (χ0) is 15.4. The van der Waals surface area contributed by atoms with Crippen LogP contribution in [0.3, 0.4) is 0 Å². The van der Waals surface area contributed by atoms with Gasteiger partial charge in [-0.1, -0.05) is 0 Å². The molecule has 0 spiro atoms. The average Bonchev–Trinajstić information content (AvgIpc) is 3.03. The second kappa shape index (κ2) is 6.77. The van der Waals surface area contributed by atoms with E-state index in [4.69, 9.17) is 16.2 Å². The molecule has 0 bridgehead atoms. The van der Waals surface area contributed by atoms with Crippen molar-refractivity contribution in [2.24, 2.45) is 11.7 Å². The molecule has 1 atom stereocenters. The number of anilines is 2. The average molecular weight is 312 g/mol. The Kier molecular flexibility index (Phi) is 5.03. The smallest absolute Gasteiger partial charge is 0.263 e. The second-order valence-electron chi connectivity index (χ2n) is 4.88. The molecule has 1 saturated heterocycles. The fourth-order valence-electron chi connectivity index (χ4n) is 2.20. The molecule has 2 rings (SSSR count). The van der Waals surface area contributed by atoms with Gasteiger partial charge in [0.05, 0.1) is 17.9 Å². The fraction of sp³-hybridized carbons (Fsp3) is 0.538. The topological polar surface area (TPSA) is 119 Å². The van der Waals surface area contributed by atoms with E-state index in [-0.39, 0.29) is 17.2 Å². The maximum Gasteiger partial charge on any atom is 0.263 e. The lowest BCUT2D eigenvalue weighted by molar-refractivity contribution is 0.0960. The molecule has 116 valence electrons. The summed E-state index contributed by atoms with van der Waals surface area (Å²) >= 11 is 1.16. The number of carbonyl (C=O) groups excluding carboxylic acids is 2. The van der Waals surface area contributed by atoms with Crippen LogP contribution in [0.1, 0.15) is 33.4 Å². The van der Waals surface area contributed by atoms with E-state index in [0.717, 1.165) is 24.4 Å². The van der Waals surface area contributed by atoms with E-state index in [1.54, 1.807) is 0 Å². The maximum atomic E-state index is 11.9. The van der Waals surface area contributed by atoms with Crippen LogP contribution >= 0.6 is 11.3 Å². The summed E-state index contributed by atoms with van der Waals surface area (Å²) in [5.74, 6) is -0.536. The van der Waals surface area contributed by atoms with Crippen molar-refractivity contribution < 1.29 is 14.3 Å². The van der Waals surface area contributed by atoms with E-state index in [9.17, 15) is 9.59 Å². The van der Waals surface area contributed by atoms with Crippen LogP contribution in [0.25, 0.3) is 0 Å². The number of hydrogen-bond donors (Lipinski definition) is 4. The van der Waals surface area contributed by atoms with Gasteiger partial charge in [0, 0.05) is 25.6 Å². The van der Waals surface area contributed by atoms with Gasteiger partial charge in [-0.25, -0.2) is 0 Å². The van der Waals surface area contributed by atoms with Gasteiger partial charge in [0.25, 0.3) is 11.8 Å². The largest absolute Gasteiger partial charge is 0.397 e. The molecule has 7 nitrogen and oxygen atoms in total. The lowest BCUT2D eigenvalue weighted by Crippen LogP contribution is -2.23. The minimum absolute atomic E-state index is 0.142. The molecule has 2 heterocycles. The van der Waals surface area contributed by atoms with E-state index < -0.39 is 5.91 Å². The monoisotopic (exact) mass is 312 g/mol. The molecule has 2 amide bonds. The molecule has 21 heavy (non-hydrogen) atoms. The standard InChI is InChI=1S/C13H20N4O3S/c1-2-16-12(19)10-9(14)8(11(15)18)13(21-10)17-5-7-3-4-20-6-7/h7,17H,2-6,14H2,1H3,(H2,15,18)(H,16,19). The third kappa shape index (κ3) is 3.45. The van der Waals surface area contributed by atoms with Gasteiger partial charge >= 0.3 is 0 Å². The summed E-state index contributed by atoms with van der Waals surface area (Å²) in [5, 5.41) is 6.39. The van der Waals surface area contributed by atoms with Crippen molar-refractivity contribution in [1.29, 1.82) is 0 Å². The summed E-state index contributed by atoms with van der Waals surface area (Å²) in [6.07, 6.45) is 0.975. The predicted octanol–water partition coefficient (Wildman–Crippen LogP) is 0.627. The van der Waals surface area contributed by atoms with Crippen LogP contribution in [0.15, 0.2) is 0 Å². The number of nitrogens with two attached hydrogens (primary N) is 2. The molecular weight excluding hydrogens is 292 g/mol. The Morgan fingerprint density at radius 3 is 2.81 bits per heavy atom. The van der Waals surface area contributed by atoms with Crippen molar-refractivity contribution in [1.82, 2.24) is 5.32 Å². The number of nitrogens with one attached hydrogen (secondary N) is 2. The van der Waals surface area contributed by atoms with Gasteiger partial charge in [-0.2, -0.15) is 0 Å². The third-order valence-electron chi connectivity index (χ3n) is 3.31. The van der Waals surface area contributed by atoms with Crippen LogP contribution in [0.5, 0.6) is 0 Å². The minimum atomic E-state index is -0.635. The number of thiophene rings is 1. The van der Waals surface area contributed by atoms with Gasteiger partial charge in [0.1, 0.15) is 9.88 Å². The van der Waals surface area contributed by atoms with Crippen LogP contribution in [-0.4, -0.2) is 38.1 Å². The zero-order valence-corrected chi connectivity index (χ0v) is 12.7. The molecule has 1 aliphatic rings. The molecule has 1 aromatic rings. The number of carbonyl (C=O) groups is 2. The highest BCUT2D eigenvalue weighted by atomic mass is 32.1. The van der Waals surface area contributed by atoms with Gasteiger partial charge in [0.15, 0.2) is 0 Å². The molecule has 0 aromatic carbocycles. The van der Waals surface area contributed by atoms with Crippen molar-refractivity contribution in [3.63, 3.8) is 0 Å². The van der Waals surface area contributed by atoms with Gasteiger partial charge in [0.2, 0.25) is 0 Å². The lowest BCUT2D eigenvalue weighted by Gasteiger charge is -2.10. The molecule has 0 radical (unpaired) electrons. The van der Waals surface area contributed by atoms with Crippen molar-refractivity contribution in [3.05, 3.63) is 10.4 Å². The van der Waals surface area contributed by atoms with E-state index in [2.05, 4.69) is 10.6 Å². The molecule has 6 N–H and O–H groups in total. The quantitative estimate of drug-likeness (QED) is 0.614. The molecular formula is C13H20N4O3S. The zero-order valence-electron chi connectivity index (χ0n) is 11.9. The van der Waals surface area contributed by atoms with Gasteiger partial charge < -0.3 is 26.8 Å². The Hall–Kier alpha value is -1.80. The summed E-state index contributed by atoms with van der Waals surface area (Å²) in [6.45, 7) is 4.42. The number of rotatable bonds is 6. The first-order valence-electron chi connectivity index (χ1n) is 6.86. The second-order valence-corrected chi connectivity index (χ2v) is 5.90. The SMILES string of the molecule is CCNC(=O)c1sc(NCC2CCOC2)c(C(N)=O)c1N. The first-order chi connectivity index (χ1) is 10.0. The summed E-state index contributed by atoms with van der Waals surface area (Å²) in [4.78, 5) is 23.8. The minimum Gasteiger partial charge on any atom is -0.397 e. The summed E-state index contributed by atoms with van der Waals surface area (Å²) in [7, 11) is 0. The maximum absolute atomic E-state index is 11.9. The number of amides is 2. The molecule has 1 fully saturated rings. The number of nitrogen functional groups attached to an aromatic ring is 1. The lowest BCUT2D eigenvalue weighted by atomic mass is 10.1. The van der Waals surface area contributed by atoms with Gasteiger partial charge in [-0.05, 0) is 13.3 Å². The molecule has 1 aromatic heterocycles. The Morgan fingerprint density at radius 1 is 1.48 bits per heavy atom. The van der Waals surface area contributed by atoms with E-state index in [0.29, 0.717) is 35.5 Å². The Morgan fingerprint density at radius 2 is 2.24 bits per heavy atom. The van der Waals surface area contributed by atoms with E-state index in [1.807, 2.05) is 6.92 Å². The van der Waals surface area contributed by atoms with Crippen LogP contribution < -0.4 is 22.1 Å². The summed E-state index contributed by atoms with van der Waals surface area (Å²) in [6, 6.07) is 0. The van der Waals surface area contributed by atoms with Gasteiger partial charge in [-0.15, -0.1) is 11.3 Å². The molecule has 8 heteroatoms. The van der Waals surface area contributed by atoms with Crippen molar-refractivity contribution >= 4 is 33.8 Å². The highest BCUT2D eigenvalue weighted by Crippen LogP contribution is 2.35. The molecule has 0 saturated carbocycles. The number of hydrogen-bond acceptors (Lipinski definition) is 6. The van der Waals surface area contributed by atoms with E-state index >= 15 is 0 Å².